The molecular formula is C17H16Cl2O2. The minimum absolute atomic E-state index is 0.197. The summed E-state index contributed by atoms with van der Waals surface area (Å²) in [6.07, 6.45) is 0.877. The first-order valence-electron chi connectivity index (χ1n) is 6.82. The van der Waals surface area contributed by atoms with Gasteiger partial charge >= 0.3 is 0 Å². The topological polar surface area (TPSA) is 18.5 Å². The maximum absolute atomic E-state index is 6.02. The predicted octanol–water partition coefficient (Wildman–Crippen LogP) is 5.58. The van der Waals surface area contributed by atoms with E-state index in [-0.39, 0.29) is 5.60 Å². The molecule has 0 amide bonds. The molecule has 0 unspecified atom stereocenters. The highest BCUT2D eigenvalue weighted by Gasteiger charge is 2.32. The van der Waals surface area contributed by atoms with Gasteiger partial charge in [-0.05, 0) is 38.1 Å². The maximum Gasteiger partial charge on any atom is 0.169 e. The van der Waals surface area contributed by atoms with Gasteiger partial charge in [0.05, 0.1) is 5.88 Å². The van der Waals surface area contributed by atoms with Gasteiger partial charge in [0.1, 0.15) is 11.4 Å². The zero-order valence-electron chi connectivity index (χ0n) is 12.0. The molecule has 3 rings (SSSR count). The van der Waals surface area contributed by atoms with Crippen LogP contribution in [-0.2, 0) is 12.3 Å². The van der Waals surface area contributed by atoms with Crippen molar-refractivity contribution in [3.8, 4) is 17.2 Å². The number of hydrogen-bond donors (Lipinski definition) is 0. The zero-order chi connectivity index (χ0) is 15.0. The number of para-hydroxylation sites is 1. The monoisotopic (exact) mass is 322 g/mol. The third kappa shape index (κ3) is 2.97. The van der Waals surface area contributed by atoms with Gasteiger partial charge in [0.2, 0.25) is 0 Å². The largest absolute Gasteiger partial charge is 0.483 e. The average molecular weight is 323 g/mol. The normalized spacial score (nSPS) is 15.4. The quantitative estimate of drug-likeness (QED) is 0.686. The first-order valence-corrected chi connectivity index (χ1v) is 7.73. The number of alkyl halides is 1. The van der Waals surface area contributed by atoms with Gasteiger partial charge in [-0.3, -0.25) is 0 Å². The second kappa shape index (κ2) is 5.43. The van der Waals surface area contributed by atoms with Crippen LogP contribution in [0.2, 0.25) is 5.02 Å². The molecule has 0 atom stereocenters. The van der Waals surface area contributed by atoms with E-state index in [9.17, 15) is 0 Å². The van der Waals surface area contributed by atoms with Crippen molar-refractivity contribution >= 4 is 23.2 Å². The van der Waals surface area contributed by atoms with Gasteiger partial charge in [-0.15, -0.1) is 11.6 Å². The third-order valence-electron chi connectivity index (χ3n) is 3.44. The van der Waals surface area contributed by atoms with Crippen LogP contribution in [0, 0.1) is 0 Å². The van der Waals surface area contributed by atoms with Crippen LogP contribution < -0.4 is 9.47 Å². The number of rotatable bonds is 3. The Hall–Kier alpha value is -1.38. The first kappa shape index (κ1) is 14.6. The van der Waals surface area contributed by atoms with Crippen molar-refractivity contribution < 1.29 is 9.47 Å². The fraction of sp³-hybridized carbons (Fsp3) is 0.294. The van der Waals surface area contributed by atoms with E-state index < -0.39 is 0 Å². The van der Waals surface area contributed by atoms with Crippen LogP contribution >= 0.6 is 23.2 Å². The number of hydrogen-bond acceptors (Lipinski definition) is 2. The predicted molar refractivity (Wildman–Crippen MR) is 85.9 cm³/mol. The number of ether oxygens (including phenoxy) is 2. The van der Waals surface area contributed by atoms with Crippen LogP contribution in [-0.4, -0.2) is 5.60 Å². The van der Waals surface area contributed by atoms with E-state index in [0.29, 0.717) is 22.4 Å². The molecular weight excluding hydrogens is 307 g/mol. The first-order chi connectivity index (χ1) is 9.98. The van der Waals surface area contributed by atoms with Crippen LogP contribution in [0.15, 0.2) is 36.4 Å². The summed E-state index contributed by atoms with van der Waals surface area (Å²) in [6.45, 7) is 4.15. The van der Waals surface area contributed by atoms with Gasteiger partial charge in [0.25, 0.3) is 0 Å². The molecule has 2 aromatic rings. The van der Waals surface area contributed by atoms with Crippen molar-refractivity contribution in [2.24, 2.45) is 0 Å². The molecule has 1 heterocycles. The summed E-state index contributed by atoms with van der Waals surface area (Å²) in [5.41, 5.74) is 1.83. The molecule has 0 saturated carbocycles. The second-order valence-electron chi connectivity index (χ2n) is 5.77. The molecule has 0 saturated heterocycles. The van der Waals surface area contributed by atoms with Gasteiger partial charge in [0.15, 0.2) is 11.5 Å². The molecule has 0 fully saturated rings. The van der Waals surface area contributed by atoms with E-state index in [4.69, 9.17) is 32.7 Å². The van der Waals surface area contributed by atoms with Gasteiger partial charge < -0.3 is 9.47 Å². The van der Waals surface area contributed by atoms with Crippen molar-refractivity contribution in [2.75, 3.05) is 0 Å². The lowest BCUT2D eigenvalue weighted by atomic mass is 10.0. The van der Waals surface area contributed by atoms with E-state index in [0.717, 1.165) is 17.7 Å². The minimum Gasteiger partial charge on any atom is -0.483 e. The number of benzene rings is 2. The van der Waals surface area contributed by atoms with Crippen LogP contribution in [0.5, 0.6) is 17.2 Å². The smallest absolute Gasteiger partial charge is 0.169 e. The lowest BCUT2D eigenvalue weighted by Gasteiger charge is -2.18. The van der Waals surface area contributed by atoms with Crippen LogP contribution in [0.4, 0.5) is 0 Å². The van der Waals surface area contributed by atoms with Crippen molar-refractivity contribution in [1.82, 2.24) is 0 Å². The number of fused-ring (bicyclic) bond motifs is 1. The minimum atomic E-state index is -0.197. The van der Waals surface area contributed by atoms with Crippen LogP contribution in [0.25, 0.3) is 0 Å². The van der Waals surface area contributed by atoms with E-state index in [2.05, 4.69) is 19.9 Å². The molecule has 0 radical (unpaired) electrons. The molecule has 2 nitrogen and oxygen atoms in total. The Morgan fingerprint density at radius 2 is 2.00 bits per heavy atom. The van der Waals surface area contributed by atoms with Gasteiger partial charge in [-0.2, -0.15) is 0 Å². The van der Waals surface area contributed by atoms with Crippen molar-refractivity contribution in [1.29, 1.82) is 0 Å². The lowest BCUT2D eigenvalue weighted by molar-refractivity contribution is 0.135. The molecule has 0 aliphatic carbocycles. The second-order valence-corrected chi connectivity index (χ2v) is 6.47. The lowest BCUT2D eigenvalue weighted by Crippen LogP contribution is -2.24. The highest BCUT2D eigenvalue weighted by Crippen LogP contribution is 2.44. The standard InChI is InChI=1S/C17H16Cl2O2/c1-17(2)9-11-4-3-5-15(16(11)21-17)20-14-7-6-13(19)8-12(14)10-18/h3-8H,9-10H2,1-2H3. The Labute approximate surface area is 134 Å². The molecule has 0 N–H and O–H groups in total. The molecule has 1 aliphatic rings. The Balaban J connectivity index is 1.96. The summed E-state index contributed by atoms with van der Waals surface area (Å²) < 4.78 is 12.0. The van der Waals surface area contributed by atoms with E-state index in [1.807, 2.05) is 24.3 Å². The Bertz CT molecular complexity index is 680. The van der Waals surface area contributed by atoms with E-state index in [1.165, 1.54) is 5.56 Å². The van der Waals surface area contributed by atoms with Gasteiger partial charge in [0, 0.05) is 22.6 Å². The molecule has 0 bridgehead atoms. The Morgan fingerprint density at radius 3 is 2.76 bits per heavy atom. The highest BCUT2D eigenvalue weighted by atomic mass is 35.5. The van der Waals surface area contributed by atoms with E-state index in [1.54, 1.807) is 6.07 Å². The molecule has 21 heavy (non-hydrogen) atoms. The van der Waals surface area contributed by atoms with E-state index >= 15 is 0 Å². The summed E-state index contributed by atoms with van der Waals surface area (Å²) >= 11 is 12.0. The fourth-order valence-corrected chi connectivity index (χ4v) is 2.94. The van der Waals surface area contributed by atoms with Crippen LogP contribution in [0.3, 0.4) is 0 Å². The zero-order valence-corrected chi connectivity index (χ0v) is 13.5. The van der Waals surface area contributed by atoms with Crippen molar-refractivity contribution in [3.63, 3.8) is 0 Å². The third-order valence-corrected chi connectivity index (χ3v) is 3.96. The molecule has 110 valence electrons. The number of halogens is 2. The summed E-state index contributed by atoms with van der Waals surface area (Å²) in [7, 11) is 0. The summed E-state index contributed by atoms with van der Waals surface area (Å²) in [5.74, 6) is 2.58. The summed E-state index contributed by atoms with van der Waals surface area (Å²) in [6, 6.07) is 11.4. The molecule has 2 aromatic carbocycles. The maximum atomic E-state index is 6.02. The van der Waals surface area contributed by atoms with Crippen LogP contribution in [0.1, 0.15) is 25.0 Å². The Morgan fingerprint density at radius 1 is 1.19 bits per heavy atom. The summed E-state index contributed by atoms with van der Waals surface area (Å²) in [4.78, 5) is 0. The fourth-order valence-electron chi connectivity index (χ4n) is 2.54. The SMILES string of the molecule is CC1(C)Cc2cccc(Oc3ccc(Cl)cc3CCl)c2O1. The van der Waals surface area contributed by atoms with Gasteiger partial charge in [-0.25, -0.2) is 0 Å². The molecule has 0 aromatic heterocycles. The average Bonchev–Trinajstić information content (AvgIpc) is 2.75. The molecule has 0 spiro atoms. The summed E-state index contributed by atoms with van der Waals surface area (Å²) in [5, 5.41) is 0.647. The molecule has 1 aliphatic heterocycles. The molecule has 4 heteroatoms. The van der Waals surface area contributed by atoms with Gasteiger partial charge in [-0.1, -0.05) is 23.7 Å². The highest BCUT2D eigenvalue weighted by molar-refractivity contribution is 6.30. The Kier molecular flexibility index (Phi) is 3.76. The van der Waals surface area contributed by atoms with Crippen molar-refractivity contribution in [3.05, 3.63) is 52.5 Å². The van der Waals surface area contributed by atoms with Crippen molar-refractivity contribution in [2.45, 2.75) is 31.7 Å².